The van der Waals surface area contributed by atoms with Gasteiger partial charge in [-0.1, -0.05) is 6.07 Å². The Bertz CT molecular complexity index is 403. The number of hydrogen-bond acceptors (Lipinski definition) is 2. The average Bonchev–Trinajstić information content (AvgIpc) is 2.78. The largest absolute Gasteiger partial charge is 0.323 e. The van der Waals surface area contributed by atoms with E-state index in [2.05, 4.69) is 10.6 Å². The fraction of sp³-hybridized carbons (Fsp3) is 0.364. The Hall–Kier alpha value is -1.49. The van der Waals surface area contributed by atoms with Gasteiger partial charge in [-0.15, -0.1) is 0 Å². The lowest BCUT2D eigenvalue weighted by atomic mass is 10.1. The first kappa shape index (κ1) is 11.0. The number of halogens is 2. The molecule has 1 atom stereocenters. The molecule has 2 rings (SSSR count). The lowest BCUT2D eigenvalue weighted by molar-refractivity contribution is -0.119. The summed E-state index contributed by atoms with van der Waals surface area (Å²) in [6.45, 7) is 1.37. The Kier molecular flexibility index (Phi) is 3.14. The lowest BCUT2D eigenvalue weighted by Crippen LogP contribution is -2.25. The van der Waals surface area contributed by atoms with Crippen molar-refractivity contribution in [3.8, 4) is 0 Å². The second-order valence-corrected chi connectivity index (χ2v) is 3.78. The molecule has 1 aliphatic rings. The zero-order valence-electron chi connectivity index (χ0n) is 8.59. The van der Waals surface area contributed by atoms with Gasteiger partial charge in [0, 0.05) is 6.54 Å². The van der Waals surface area contributed by atoms with E-state index in [1.807, 2.05) is 0 Å². The molecule has 86 valence electrons. The minimum absolute atomic E-state index is 0.100. The van der Waals surface area contributed by atoms with Crippen LogP contribution in [0.3, 0.4) is 0 Å². The molecule has 0 bridgehead atoms. The normalized spacial score (nSPS) is 19.8. The van der Waals surface area contributed by atoms with Crippen molar-refractivity contribution < 1.29 is 13.6 Å². The average molecular weight is 226 g/mol. The fourth-order valence-electron chi connectivity index (χ4n) is 1.71. The van der Waals surface area contributed by atoms with Gasteiger partial charge in [-0.05, 0) is 25.1 Å². The van der Waals surface area contributed by atoms with E-state index in [-0.39, 0.29) is 17.5 Å². The van der Waals surface area contributed by atoms with Gasteiger partial charge >= 0.3 is 0 Å². The topological polar surface area (TPSA) is 41.1 Å². The summed E-state index contributed by atoms with van der Waals surface area (Å²) >= 11 is 0. The Morgan fingerprint density at radius 3 is 2.94 bits per heavy atom. The third kappa shape index (κ3) is 2.19. The van der Waals surface area contributed by atoms with Gasteiger partial charge in [0.1, 0.15) is 0 Å². The number of amides is 1. The molecule has 1 aliphatic heterocycles. The molecule has 1 fully saturated rings. The standard InChI is InChI=1S/C11H12F2N2O/c12-8-2-1-3-9(10(8)13)15-11(16)7-4-5-14-6-7/h1-3,7,14H,4-6H2,(H,15,16). The first-order valence-corrected chi connectivity index (χ1v) is 5.14. The van der Waals surface area contributed by atoms with E-state index in [9.17, 15) is 13.6 Å². The van der Waals surface area contributed by atoms with Crippen LogP contribution in [-0.4, -0.2) is 19.0 Å². The van der Waals surface area contributed by atoms with Crippen molar-refractivity contribution in [2.75, 3.05) is 18.4 Å². The highest BCUT2D eigenvalue weighted by molar-refractivity contribution is 5.93. The van der Waals surface area contributed by atoms with E-state index in [1.165, 1.54) is 12.1 Å². The molecular weight excluding hydrogens is 214 g/mol. The molecule has 0 spiro atoms. The predicted octanol–water partition coefficient (Wildman–Crippen LogP) is 1.51. The smallest absolute Gasteiger partial charge is 0.228 e. The van der Waals surface area contributed by atoms with Crippen molar-refractivity contribution in [2.24, 2.45) is 5.92 Å². The number of carbonyl (C=O) groups excluding carboxylic acids is 1. The summed E-state index contributed by atoms with van der Waals surface area (Å²) in [7, 11) is 0. The van der Waals surface area contributed by atoms with Crippen LogP contribution < -0.4 is 10.6 Å². The third-order valence-corrected chi connectivity index (χ3v) is 2.64. The summed E-state index contributed by atoms with van der Waals surface area (Å²) in [6.07, 6.45) is 0.725. The summed E-state index contributed by atoms with van der Waals surface area (Å²) in [4.78, 5) is 11.6. The van der Waals surface area contributed by atoms with Crippen LogP contribution in [0, 0.1) is 17.6 Å². The molecule has 1 heterocycles. The van der Waals surface area contributed by atoms with Crippen molar-refractivity contribution in [3.05, 3.63) is 29.8 Å². The summed E-state index contributed by atoms with van der Waals surface area (Å²) < 4.78 is 26.1. The van der Waals surface area contributed by atoms with Crippen LogP contribution in [0.2, 0.25) is 0 Å². The van der Waals surface area contributed by atoms with E-state index in [0.29, 0.717) is 6.54 Å². The molecule has 2 N–H and O–H groups in total. The van der Waals surface area contributed by atoms with Crippen LogP contribution >= 0.6 is 0 Å². The maximum Gasteiger partial charge on any atom is 0.228 e. The van der Waals surface area contributed by atoms with Gasteiger partial charge in [0.05, 0.1) is 11.6 Å². The SMILES string of the molecule is O=C(Nc1cccc(F)c1F)C1CCNC1. The molecule has 0 aliphatic carbocycles. The third-order valence-electron chi connectivity index (χ3n) is 2.64. The maximum atomic E-state index is 13.2. The summed E-state index contributed by atoms with van der Waals surface area (Å²) in [6, 6.07) is 3.72. The van der Waals surface area contributed by atoms with E-state index in [4.69, 9.17) is 0 Å². The maximum absolute atomic E-state index is 13.2. The van der Waals surface area contributed by atoms with Gasteiger partial charge in [-0.3, -0.25) is 4.79 Å². The Labute approximate surface area is 91.8 Å². The predicted molar refractivity (Wildman–Crippen MR) is 56.0 cm³/mol. The Balaban J connectivity index is 2.08. The highest BCUT2D eigenvalue weighted by atomic mass is 19.2. The summed E-state index contributed by atoms with van der Waals surface area (Å²) in [5.41, 5.74) is -0.100. The van der Waals surface area contributed by atoms with Crippen LogP contribution in [0.4, 0.5) is 14.5 Å². The Morgan fingerprint density at radius 1 is 1.44 bits per heavy atom. The molecule has 1 unspecified atom stereocenters. The second-order valence-electron chi connectivity index (χ2n) is 3.78. The van der Waals surface area contributed by atoms with E-state index >= 15 is 0 Å². The quantitative estimate of drug-likeness (QED) is 0.802. The van der Waals surface area contributed by atoms with Crippen LogP contribution in [0.15, 0.2) is 18.2 Å². The molecule has 0 saturated carbocycles. The van der Waals surface area contributed by atoms with Crippen molar-refractivity contribution in [3.63, 3.8) is 0 Å². The fourth-order valence-corrected chi connectivity index (χ4v) is 1.71. The minimum Gasteiger partial charge on any atom is -0.323 e. The first-order chi connectivity index (χ1) is 7.68. The van der Waals surface area contributed by atoms with Gasteiger partial charge in [0.15, 0.2) is 11.6 Å². The number of carbonyl (C=O) groups is 1. The highest BCUT2D eigenvalue weighted by Gasteiger charge is 2.23. The molecule has 5 heteroatoms. The van der Waals surface area contributed by atoms with Gasteiger partial charge in [0.2, 0.25) is 5.91 Å². The van der Waals surface area contributed by atoms with Gasteiger partial charge in [-0.2, -0.15) is 0 Å². The first-order valence-electron chi connectivity index (χ1n) is 5.14. The van der Waals surface area contributed by atoms with Crippen LogP contribution in [0.5, 0.6) is 0 Å². The molecular formula is C11H12F2N2O. The molecule has 0 radical (unpaired) electrons. The molecule has 0 aromatic heterocycles. The van der Waals surface area contributed by atoms with Gasteiger partial charge in [-0.25, -0.2) is 8.78 Å². The van der Waals surface area contributed by atoms with Crippen molar-refractivity contribution in [1.82, 2.24) is 5.32 Å². The zero-order valence-corrected chi connectivity index (χ0v) is 8.59. The highest BCUT2D eigenvalue weighted by Crippen LogP contribution is 2.18. The molecule has 1 saturated heterocycles. The summed E-state index contributed by atoms with van der Waals surface area (Å²) in [5.74, 6) is -2.40. The van der Waals surface area contributed by atoms with E-state index in [1.54, 1.807) is 0 Å². The molecule has 1 amide bonds. The van der Waals surface area contributed by atoms with Crippen molar-refractivity contribution >= 4 is 11.6 Å². The number of benzene rings is 1. The molecule has 3 nitrogen and oxygen atoms in total. The van der Waals surface area contributed by atoms with Crippen LogP contribution in [-0.2, 0) is 4.79 Å². The van der Waals surface area contributed by atoms with E-state index in [0.717, 1.165) is 19.0 Å². The lowest BCUT2D eigenvalue weighted by Gasteiger charge is -2.10. The zero-order chi connectivity index (χ0) is 11.5. The van der Waals surface area contributed by atoms with Crippen molar-refractivity contribution in [1.29, 1.82) is 0 Å². The number of anilines is 1. The molecule has 1 aromatic carbocycles. The Morgan fingerprint density at radius 2 is 2.25 bits per heavy atom. The molecule has 1 aromatic rings. The number of nitrogens with one attached hydrogen (secondary N) is 2. The van der Waals surface area contributed by atoms with Crippen LogP contribution in [0.25, 0.3) is 0 Å². The van der Waals surface area contributed by atoms with Gasteiger partial charge < -0.3 is 10.6 Å². The summed E-state index contributed by atoms with van der Waals surface area (Å²) in [5, 5.41) is 5.44. The van der Waals surface area contributed by atoms with Crippen LogP contribution in [0.1, 0.15) is 6.42 Å². The molecule has 16 heavy (non-hydrogen) atoms. The minimum atomic E-state index is -1.01. The monoisotopic (exact) mass is 226 g/mol. The van der Waals surface area contributed by atoms with Gasteiger partial charge in [0.25, 0.3) is 0 Å². The van der Waals surface area contributed by atoms with Crippen molar-refractivity contribution in [2.45, 2.75) is 6.42 Å². The van der Waals surface area contributed by atoms with E-state index < -0.39 is 11.6 Å². The number of rotatable bonds is 2. The second kappa shape index (κ2) is 4.57. The number of hydrogen-bond donors (Lipinski definition) is 2.